The molecule has 0 spiro atoms. The first-order chi connectivity index (χ1) is 12.4. The van der Waals surface area contributed by atoms with Gasteiger partial charge in [0.1, 0.15) is 0 Å². The van der Waals surface area contributed by atoms with Gasteiger partial charge in [0.15, 0.2) is 13.8 Å². The molecule has 2 atom stereocenters. The number of benzene rings is 2. The van der Waals surface area contributed by atoms with Crippen LogP contribution >= 0.6 is 8.46 Å². The number of nitrogens with two attached hydrogens (primary N) is 1. The maximum Gasteiger partial charge on any atom is 0.310 e. The summed E-state index contributed by atoms with van der Waals surface area (Å²) in [5.74, 6) is -3.39. The highest BCUT2D eigenvalue weighted by atomic mass is 31.1. The molecule has 26 heavy (non-hydrogen) atoms. The van der Waals surface area contributed by atoms with E-state index in [2.05, 4.69) is 0 Å². The van der Waals surface area contributed by atoms with Gasteiger partial charge >= 0.3 is 5.97 Å². The SMILES string of the molecule is NC(=O)CCC(C(=O)O)C(O)(Cc1ccccc1-c1ccccc1)P=O. The molecule has 6 nitrogen and oxygen atoms in total. The zero-order chi connectivity index (χ0) is 19.2. The van der Waals surface area contributed by atoms with E-state index in [1.807, 2.05) is 42.5 Å². The van der Waals surface area contributed by atoms with Gasteiger partial charge in [0.2, 0.25) is 5.91 Å². The van der Waals surface area contributed by atoms with E-state index in [-0.39, 0.29) is 19.3 Å². The van der Waals surface area contributed by atoms with Crippen molar-refractivity contribution in [2.45, 2.75) is 24.6 Å². The molecule has 4 N–H and O–H groups in total. The number of carboxylic acids is 1. The fraction of sp³-hybridized carbons (Fsp3) is 0.263. The van der Waals surface area contributed by atoms with Crippen molar-refractivity contribution >= 4 is 20.3 Å². The van der Waals surface area contributed by atoms with Gasteiger partial charge in [0.25, 0.3) is 0 Å². The number of hydrogen-bond donors (Lipinski definition) is 3. The maximum atomic E-state index is 11.7. The molecule has 2 aromatic rings. The molecule has 2 aromatic carbocycles. The number of carbonyl (C=O) groups is 2. The number of carboxylic acid groups (broad SMARTS) is 1. The number of carbonyl (C=O) groups excluding carboxylic acids is 1. The van der Waals surface area contributed by atoms with Crippen LogP contribution in [0.4, 0.5) is 0 Å². The van der Waals surface area contributed by atoms with Gasteiger partial charge in [-0.1, -0.05) is 54.6 Å². The van der Waals surface area contributed by atoms with Gasteiger partial charge < -0.3 is 15.9 Å². The van der Waals surface area contributed by atoms with E-state index >= 15 is 0 Å². The molecule has 0 aromatic heterocycles. The van der Waals surface area contributed by atoms with Gasteiger partial charge in [-0.2, -0.15) is 0 Å². The van der Waals surface area contributed by atoms with E-state index in [0.717, 1.165) is 11.1 Å². The Bertz CT molecular complexity index is 796. The molecule has 136 valence electrons. The molecule has 1 amide bonds. The van der Waals surface area contributed by atoms with Gasteiger partial charge in [-0.25, -0.2) is 0 Å². The lowest BCUT2D eigenvalue weighted by Gasteiger charge is -2.28. The number of rotatable bonds is 9. The fourth-order valence-corrected chi connectivity index (χ4v) is 3.51. The van der Waals surface area contributed by atoms with Crippen LogP contribution in [0.3, 0.4) is 0 Å². The summed E-state index contributed by atoms with van der Waals surface area (Å²) in [5.41, 5.74) is 7.46. The van der Waals surface area contributed by atoms with Crippen molar-refractivity contribution in [1.29, 1.82) is 0 Å². The second-order valence-corrected chi connectivity index (χ2v) is 7.02. The smallest absolute Gasteiger partial charge is 0.310 e. The monoisotopic (exact) mass is 373 g/mol. The first-order valence-electron chi connectivity index (χ1n) is 8.08. The third-order valence-electron chi connectivity index (χ3n) is 4.25. The predicted molar refractivity (Wildman–Crippen MR) is 97.7 cm³/mol. The lowest BCUT2D eigenvalue weighted by molar-refractivity contribution is -0.147. The molecule has 0 heterocycles. The zero-order valence-electron chi connectivity index (χ0n) is 14.0. The molecule has 0 aliphatic carbocycles. The van der Waals surface area contributed by atoms with Crippen molar-refractivity contribution in [3.8, 4) is 11.1 Å². The van der Waals surface area contributed by atoms with Crippen molar-refractivity contribution in [3.05, 3.63) is 60.2 Å². The molecular formula is C19H20NO5P. The lowest BCUT2D eigenvalue weighted by Crippen LogP contribution is -2.40. The molecule has 0 radical (unpaired) electrons. The average Bonchev–Trinajstić information content (AvgIpc) is 2.62. The van der Waals surface area contributed by atoms with Crippen LogP contribution in [0.15, 0.2) is 54.6 Å². The standard InChI is InChI=1S/C19H20NO5P/c20-17(21)11-10-16(18(22)23)19(24,26-25)12-14-8-4-5-9-15(14)13-6-2-1-3-7-13/h1-9,16,24H,10-12H2,(H2,20,21)(H,22,23). The summed E-state index contributed by atoms with van der Waals surface area (Å²) in [6.45, 7) is 0. The quantitative estimate of drug-likeness (QED) is 0.584. The first kappa shape index (κ1) is 19.8. The second-order valence-electron chi connectivity index (χ2n) is 6.07. The summed E-state index contributed by atoms with van der Waals surface area (Å²) in [6, 6.07) is 16.6. The van der Waals surface area contributed by atoms with Crippen molar-refractivity contribution in [1.82, 2.24) is 0 Å². The largest absolute Gasteiger partial charge is 0.481 e. The van der Waals surface area contributed by atoms with Crippen molar-refractivity contribution in [3.63, 3.8) is 0 Å². The zero-order valence-corrected chi connectivity index (χ0v) is 14.9. The Hall–Kier alpha value is -2.56. The van der Waals surface area contributed by atoms with Crippen LogP contribution in [0.2, 0.25) is 0 Å². The lowest BCUT2D eigenvalue weighted by atomic mass is 9.88. The molecule has 7 heteroatoms. The Labute approximate surface area is 152 Å². The number of hydrogen-bond acceptors (Lipinski definition) is 4. The van der Waals surface area contributed by atoms with E-state index < -0.39 is 31.6 Å². The van der Waals surface area contributed by atoms with Gasteiger partial charge in [-0.05, 0) is 23.1 Å². The highest BCUT2D eigenvalue weighted by Gasteiger charge is 2.43. The van der Waals surface area contributed by atoms with Crippen molar-refractivity contribution in [2.24, 2.45) is 11.7 Å². The van der Waals surface area contributed by atoms with E-state index in [0.29, 0.717) is 5.56 Å². The van der Waals surface area contributed by atoms with Crippen LogP contribution in [0, 0.1) is 5.92 Å². The highest BCUT2D eigenvalue weighted by Crippen LogP contribution is 2.38. The maximum absolute atomic E-state index is 11.7. The first-order valence-corrected chi connectivity index (χ1v) is 8.90. The summed E-state index contributed by atoms with van der Waals surface area (Å²) in [4.78, 5) is 22.6. The minimum Gasteiger partial charge on any atom is -0.481 e. The summed E-state index contributed by atoms with van der Waals surface area (Å²) in [6.07, 6.45) is -0.544. The molecule has 0 saturated carbocycles. The minimum absolute atomic E-state index is 0.140. The second kappa shape index (κ2) is 8.70. The third-order valence-corrected chi connectivity index (χ3v) is 5.03. The van der Waals surface area contributed by atoms with Crippen LogP contribution in [-0.2, 0) is 20.6 Å². The molecule has 0 aliphatic rings. The molecule has 2 unspecified atom stereocenters. The van der Waals surface area contributed by atoms with Gasteiger partial charge in [0.05, 0.1) is 5.92 Å². The van der Waals surface area contributed by atoms with Crippen molar-refractivity contribution in [2.75, 3.05) is 0 Å². The van der Waals surface area contributed by atoms with Crippen LogP contribution in [0.1, 0.15) is 18.4 Å². The van der Waals surface area contributed by atoms with Gasteiger partial charge in [-0.15, -0.1) is 0 Å². The van der Waals surface area contributed by atoms with E-state index in [4.69, 9.17) is 5.73 Å². The van der Waals surface area contributed by atoms with E-state index in [1.165, 1.54) is 0 Å². The molecular weight excluding hydrogens is 353 g/mol. The highest BCUT2D eigenvalue weighted by molar-refractivity contribution is 7.25. The molecule has 0 fully saturated rings. The minimum atomic E-state index is -2.05. The average molecular weight is 373 g/mol. The van der Waals surface area contributed by atoms with Crippen molar-refractivity contribution < 1.29 is 24.4 Å². The number of amides is 1. The Morgan fingerprint density at radius 2 is 1.69 bits per heavy atom. The van der Waals surface area contributed by atoms with Crippen LogP contribution in [-0.4, -0.2) is 27.4 Å². The summed E-state index contributed by atoms with van der Waals surface area (Å²) in [5, 5.41) is 18.2. The molecule has 0 saturated heterocycles. The summed E-state index contributed by atoms with van der Waals surface area (Å²) in [7, 11) is -0.719. The molecule has 0 bridgehead atoms. The number of primary amides is 1. The normalized spacial score (nSPS) is 14.5. The number of aliphatic hydroxyl groups is 1. The third kappa shape index (κ3) is 4.75. The van der Waals surface area contributed by atoms with E-state index in [9.17, 15) is 24.4 Å². The Morgan fingerprint density at radius 1 is 1.08 bits per heavy atom. The topological polar surface area (TPSA) is 118 Å². The Balaban J connectivity index is 2.38. The van der Waals surface area contributed by atoms with E-state index in [1.54, 1.807) is 12.1 Å². The number of aliphatic carboxylic acids is 1. The summed E-state index contributed by atoms with van der Waals surface area (Å²) >= 11 is 0. The van der Waals surface area contributed by atoms with Crippen LogP contribution in [0.5, 0.6) is 0 Å². The van der Waals surface area contributed by atoms with Crippen LogP contribution in [0.25, 0.3) is 11.1 Å². The van der Waals surface area contributed by atoms with Gasteiger partial charge in [-0.3, -0.25) is 14.2 Å². The summed E-state index contributed by atoms with van der Waals surface area (Å²) < 4.78 is 11.7. The fourth-order valence-electron chi connectivity index (χ4n) is 2.91. The predicted octanol–water partition coefficient (Wildman–Crippen LogP) is 2.84. The van der Waals surface area contributed by atoms with Crippen LogP contribution < -0.4 is 5.73 Å². The Kier molecular flexibility index (Phi) is 6.61. The molecule has 2 rings (SSSR count). The van der Waals surface area contributed by atoms with Gasteiger partial charge in [0, 0.05) is 12.8 Å². The molecule has 0 aliphatic heterocycles. The Morgan fingerprint density at radius 3 is 2.27 bits per heavy atom.